The third-order valence-electron chi connectivity index (χ3n) is 2.13. The molecule has 0 bridgehead atoms. The molecule has 1 amide bonds. The van der Waals surface area contributed by atoms with Crippen molar-refractivity contribution in [1.29, 1.82) is 0 Å². The molecular formula is C6H12N2O2. The van der Waals surface area contributed by atoms with Crippen LogP contribution in [0, 0.1) is 0 Å². The standard InChI is InChI=1S/C6H12N2O2/c1-6(5(7)9)3-2-4-8(6)10/h10H,2-4H2,1H3,(H2,7,9). The molecule has 1 fully saturated rings. The zero-order chi connectivity index (χ0) is 7.78. The van der Waals surface area contributed by atoms with E-state index in [0.29, 0.717) is 13.0 Å². The minimum Gasteiger partial charge on any atom is -0.368 e. The second kappa shape index (κ2) is 2.21. The molecule has 1 atom stereocenters. The monoisotopic (exact) mass is 144 g/mol. The fourth-order valence-corrected chi connectivity index (χ4v) is 1.20. The van der Waals surface area contributed by atoms with Crippen LogP contribution in [-0.4, -0.2) is 28.3 Å². The summed E-state index contributed by atoms with van der Waals surface area (Å²) < 4.78 is 0. The van der Waals surface area contributed by atoms with Gasteiger partial charge in [0, 0.05) is 6.54 Å². The van der Waals surface area contributed by atoms with Gasteiger partial charge in [0.2, 0.25) is 5.91 Å². The van der Waals surface area contributed by atoms with Crippen LogP contribution in [0.5, 0.6) is 0 Å². The summed E-state index contributed by atoms with van der Waals surface area (Å²) in [6.07, 6.45) is 1.48. The number of hydrogen-bond acceptors (Lipinski definition) is 3. The Hall–Kier alpha value is -0.610. The summed E-state index contributed by atoms with van der Waals surface area (Å²) in [5, 5.41) is 10.2. The number of carbonyl (C=O) groups is 1. The maximum absolute atomic E-state index is 10.8. The van der Waals surface area contributed by atoms with E-state index in [-0.39, 0.29) is 0 Å². The Morgan fingerprint density at radius 1 is 1.80 bits per heavy atom. The van der Waals surface area contributed by atoms with Gasteiger partial charge in [-0.25, -0.2) is 0 Å². The van der Waals surface area contributed by atoms with Gasteiger partial charge in [-0.3, -0.25) is 4.79 Å². The van der Waals surface area contributed by atoms with Gasteiger partial charge >= 0.3 is 0 Å². The first-order valence-corrected chi connectivity index (χ1v) is 3.34. The summed E-state index contributed by atoms with van der Waals surface area (Å²) in [7, 11) is 0. The summed E-state index contributed by atoms with van der Waals surface area (Å²) >= 11 is 0. The molecule has 10 heavy (non-hydrogen) atoms. The predicted octanol–water partition coefficient (Wildman–Crippen LogP) is -0.285. The number of nitrogens with zero attached hydrogens (tertiary/aromatic N) is 1. The molecule has 0 saturated carbocycles. The van der Waals surface area contributed by atoms with Gasteiger partial charge in [0.1, 0.15) is 5.54 Å². The van der Waals surface area contributed by atoms with Gasteiger partial charge in [-0.2, -0.15) is 5.06 Å². The lowest BCUT2D eigenvalue weighted by atomic mass is 10.00. The van der Waals surface area contributed by atoms with Gasteiger partial charge in [-0.15, -0.1) is 0 Å². The molecule has 3 N–H and O–H groups in total. The second-order valence-electron chi connectivity index (χ2n) is 2.86. The number of carbonyl (C=O) groups excluding carboxylic acids is 1. The van der Waals surface area contributed by atoms with Gasteiger partial charge in [0.15, 0.2) is 0 Å². The Bertz CT molecular complexity index is 160. The topological polar surface area (TPSA) is 66.6 Å². The van der Waals surface area contributed by atoms with Crippen LogP contribution in [0.3, 0.4) is 0 Å². The Morgan fingerprint density at radius 2 is 2.40 bits per heavy atom. The fraction of sp³-hybridized carbons (Fsp3) is 0.833. The molecule has 1 aliphatic heterocycles. The molecule has 58 valence electrons. The minimum absolute atomic E-state index is 0.451. The zero-order valence-electron chi connectivity index (χ0n) is 6.00. The Labute approximate surface area is 59.6 Å². The van der Waals surface area contributed by atoms with Crippen molar-refractivity contribution < 1.29 is 10.0 Å². The first-order chi connectivity index (χ1) is 4.57. The average Bonchev–Trinajstić information content (AvgIpc) is 2.15. The van der Waals surface area contributed by atoms with Crippen LogP contribution in [0.4, 0.5) is 0 Å². The minimum atomic E-state index is -0.819. The van der Waals surface area contributed by atoms with Crippen LogP contribution in [-0.2, 0) is 4.79 Å². The van der Waals surface area contributed by atoms with E-state index in [4.69, 9.17) is 10.9 Å². The molecule has 1 rings (SSSR count). The Balaban J connectivity index is 2.75. The van der Waals surface area contributed by atoms with Crippen LogP contribution < -0.4 is 5.73 Å². The average molecular weight is 144 g/mol. The summed E-state index contributed by atoms with van der Waals surface area (Å²) in [6.45, 7) is 2.20. The van der Waals surface area contributed by atoms with Gasteiger partial charge in [0.25, 0.3) is 0 Å². The normalized spacial score (nSPS) is 34.6. The van der Waals surface area contributed by atoms with Gasteiger partial charge in [0.05, 0.1) is 0 Å². The smallest absolute Gasteiger partial charge is 0.240 e. The highest BCUT2D eigenvalue weighted by molar-refractivity contribution is 5.84. The van der Waals surface area contributed by atoms with Crippen LogP contribution in [0.15, 0.2) is 0 Å². The highest BCUT2D eigenvalue weighted by Gasteiger charge is 2.41. The Morgan fingerprint density at radius 3 is 2.60 bits per heavy atom. The van der Waals surface area contributed by atoms with Crippen molar-refractivity contribution in [2.75, 3.05) is 6.54 Å². The molecule has 1 saturated heterocycles. The molecule has 4 nitrogen and oxygen atoms in total. The molecule has 0 radical (unpaired) electrons. The number of primary amides is 1. The van der Waals surface area contributed by atoms with Crippen molar-refractivity contribution in [1.82, 2.24) is 5.06 Å². The Kier molecular flexibility index (Phi) is 1.66. The van der Waals surface area contributed by atoms with E-state index in [0.717, 1.165) is 11.5 Å². The van der Waals surface area contributed by atoms with E-state index in [1.165, 1.54) is 0 Å². The van der Waals surface area contributed by atoms with Crippen LogP contribution in [0.1, 0.15) is 19.8 Å². The molecule has 0 aromatic carbocycles. The first-order valence-electron chi connectivity index (χ1n) is 3.34. The summed E-state index contributed by atoms with van der Waals surface area (Å²) in [5.74, 6) is -0.451. The largest absolute Gasteiger partial charge is 0.368 e. The molecule has 1 unspecified atom stereocenters. The van der Waals surface area contributed by atoms with Crippen molar-refractivity contribution in [3.05, 3.63) is 0 Å². The molecule has 4 heteroatoms. The van der Waals surface area contributed by atoms with E-state index in [1.807, 2.05) is 0 Å². The number of amides is 1. The van der Waals surface area contributed by atoms with Crippen molar-refractivity contribution in [2.24, 2.45) is 5.73 Å². The third-order valence-corrected chi connectivity index (χ3v) is 2.13. The summed E-state index contributed by atoms with van der Waals surface area (Å²) in [5.41, 5.74) is 4.26. The lowest BCUT2D eigenvalue weighted by Crippen LogP contribution is -2.49. The second-order valence-corrected chi connectivity index (χ2v) is 2.86. The van der Waals surface area contributed by atoms with Crippen LogP contribution >= 0.6 is 0 Å². The lowest BCUT2D eigenvalue weighted by molar-refractivity contribution is -0.163. The van der Waals surface area contributed by atoms with E-state index in [9.17, 15) is 4.79 Å². The van der Waals surface area contributed by atoms with Gasteiger partial charge < -0.3 is 10.9 Å². The van der Waals surface area contributed by atoms with Crippen molar-refractivity contribution in [2.45, 2.75) is 25.3 Å². The molecule has 0 aliphatic carbocycles. The lowest BCUT2D eigenvalue weighted by Gasteiger charge is -2.25. The molecule has 1 heterocycles. The number of nitrogens with two attached hydrogens (primary N) is 1. The quantitative estimate of drug-likeness (QED) is 0.531. The summed E-state index contributed by atoms with van der Waals surface area (Å²) in [6, 6.07) is 0. The van der Waals surface area contributed by atoms with E-state index in [1.54, 1.807) is 6.92 Å². The van der Waals surface area contributed by atoms with Crippen LogP contribution in [0.25, 0.3) is 0 Å². The zero-order valence-corrected chi connectivity index (χ0v) is 6.00. The highest BCUT2D eigenvalue weighted by Crippen LogP contribution is 2.25. The van der Waals surface area contributed by atoms with Crippen molar-refractivity contribution >= 4 is 5.91 Å². The number of hydroxylamine groups is 2. The molecular weight excluding hydrogens is 132 g/mol. The SMILES string of the molecule is CC1(C(N)=O)CCCN1O. The number of hydrogen-bond donors (Lipinski definition) is 2. The third kappa shape index (κ3) is 0.892. The van der Waals surface area contributed by atoms with Crippen molar-refractivity contribution in [3.63, 3.8) is 0 Å². The summed E-state index contributed by atoms with van der Waals surface area (Å²) in [4.78, 5) is 10.8. The van der Waals surface area contributed by atoms with E-state index < -0.39 is 11.4 Å². The maximum atomic E-state index is 10.8. The molecule has 0 spiro atoms. The first kappa shape index (κ1) is 7.50. The van der Waals surface area contributed by atoms with E-state index in [2.05, 4.69) is 0 Å². The number of rotatable bonds is 1. The molecule has 0 aromatic heterocycles. The van der Waals surface area contributed by atoms with Gasteiger partial charge in [-0.1, -0.05) is 0 Å². The molecule has 0 aromatic rings. The predicted molar refractivity (Wildman–Crippen MR) is 35.3 cm³/mol. The van der Waals surface area contributed by atoms with Crippen LogP contribution in [0.2, 0.25) is 0 Å². The highest BCUT2D eigenvalue weighted by atomic mass is 16.5. The van der Waals surface area contributed by atoms with Crippen molar-refractivity contribution in [3.8, 4) is 0 Å². The van der Waals surface area contributed by atoms with E-state index >= 15 is 0 Å². The molecule has 1 aliphatic rings. The fourth-order valence-electron chi connectivity index (χ4n) is 1.20. The maximum Gasteiger partial charge on any atom is 0.240 e. The van der Waals surface area contributed by atoms with Gasteiger partial charge in [-0.05, 0) is 19.8 Å².